The van der Waals surface area contributed by atoms with Gasteiger partial charge in [-0.05, 0) is 26.6 Å². The Balaban J connectivity index is 3.50. The van der Waals surface area contributed by atoms with Crippen LogP contribution in [-0.2, 0) is 9.05 Å². The van der Waals surface area contributed by atoms with Crippen molar-refractivity contribution in [2.75, 3.05) is 13.2 Å². The molecular formula is C7H15O2P. The van der Waals surface area contributed by atoms with Gasteiger partial charge < -0.3 is 9.05 Å². The summed E-state index contributed by atoms with van der Waals surface area (Å²) in [7, 11) is -0.742. The monoisotopic (exact) mass is 162 g/mol. The van der Waals surface area contributed by atoms with Crippen molar-refractivity contribution in [3.8, 4) is 0 Å². The lowest BCUT2D eigenvalue weighted by Crippen LogP contribution is -1.86. The minimum atomic E-state index is -0.742. The summed E-state index contributed by atoms with van der Waals surface area (Å²) in [6, 6.07) is 0. The van der Waals surface area contributed by atoms with Gasteiger partial charge in [0.25, 0.3) is 0 Å². The fourth-order valence-corrected chi connectivity index (χ4v) is 1.50. The summed E-state index contributed by atoms with van der Waals surface area (Å²) in [6.07, 6.45) is 1.96. The van der Waals surface area contributed by atoms with Crippen molar-refractivity contribution in [3.05, 3.63) is 11.9 Å². The molecule has 0 aliphatic carbocycles. The van der Waals surface area contributed by atoms with Crippen LogP contribution in [0.25, 0.3) is 0 Å². The summed E-state index contributed by atoms with van der Waals surface area (Å²) in [5.41, 5.74) is 0. The minimum Gasteiger partial charge on any atom is -0.331 e. The Morgan fingerprint density at radius 3 is 2.00 bits per heavy atom. The summed E-state index contributed by atoms with van der Waals surface area (Å²) in [5.74, 6) is 1.96. The smallest absolute Gasteiger partial charge is 0.196 e. The summed E-state index contributed by atoms with van der Waals surface area (Å²) in [5, 5.41) is 0. The second-order valence-corrected chi connectivity index (χ2v) is 2.99. The van der Waals surface area contributed by atoms with Crippen molar-refractivity contribution in [3.63, 3.8) is 0 Å². The zero-order valence-electron chi connectivity index (χ0n) is 6.83. The molecule has 0 N–H and O–H groups in total. The fourth-order valence-electron chi connectivity index (χ4n) is 0.500. The lowest BCUT2D eigenvalue weighted by Gasteiger charge is -2.09. The maximum absolute atomic E-state index is 5.28. The zero-order chi connectivity index (χ0) is 7.82. The Morgan fingerprint density at radius 1 is 1.20 bits per heavy atom. The maximum atomic E-state index is 5.28. The van der Waals surface area contributed by atoms with Gasteiger partial charge in [-0.15, -0.1) is 0 Å². The van der Waals surface area contributed by atoms with Crippen LogP contribution in [0.15, 0.2) is 11.9 Å². The molecule has 0 radical (unpaired) electrons. The molecule has 0 unspecified atom stereocenters. The molecule has 60 valence electrons. The molecule has 0 aliphatic rings. The molecular weight excluding hydrogens is 147 g/mol. The van der Waals surface area contributed by atoms with Crippen molar-refractivity contribution in [2.24, 2.45) is 0 Å². The van der Waals surface area contributed by atoms with Crippen molar-refractivity contribution >= 4 is 8.38 Å². The van der Waals surface area contributed by atoms with Gasteiger partial charge in [0.1, 0.15) is 0 Å². The van der Waals surface area contributed by atoms with Gasteiger partial charge in [-0.2, -0.15) is 0 Å². The van der Waals surface area contributed by atoms with E-state index in [0.717, 1.165) is 13.2 Å². The van der Waals surface area contributed by atoms with Crippen LogP contribution in [0.2, 0.25) is 0 Å². The molecule has 0 amide bonds. The fraction of sp³-hybridized carbons (Fsp3) is 0.714. The van der Waals surface area contributed by atoms with E-state index in [4.69, 9.17) is 9.05 Å². The molecule has 0 saturated heterocycles. The van der Waals surface area contributed by atoms with Crippen LogP contribution in [0.3, 0.4) is 0 Å². The molecule has 0 aromatic carbocycles. The van der Waals surface area contributed by atoms with Crippen LogP contribution in [0, 0.1) is 0 Å². The number of rotatable bonds is 5. The molecule has 3 heteroatoms. The highest BCUT2D eigenvalue weighted by atomic mass is 31.2. The van der Waals surface area contributed by atoms with Gasteiger partial charge in [-0.1, -0.05) is 6.08 Å². The Labute approximate surface area is 64.1 Å². The average molecular weight is 162 g/mol. The lowest BCUT2D eigenvalue weighted by molar-refractivity contribution is 0.276. The molecule has 0 bridgehead atoms. The first-order chi connectivity index (χ1) is 4.85. The quantitative estimate of drug-likeness (QED) is 0.578. The van der Waals surface area contributed by atoms with Gasteiger partial charge in [0.2, 0.25) is 0 Å². The zero-order valence-corrected chi connectivity index (χ0v) is 7.73. The van der Waals surface area contributed by atoms with E-state index in [1.165, 1.54) is 0 Å². The predicted molar refractivity (Wildman–Crippen MR) is 45.0 cm³/mol. The number of hydrogen-bond acceptors (Lipinski definition) is 2. The maximum Gasteiger partial charge on any atom is 0.196 e. The molecule has 10 heavy (non-hydrogen) atoms. The first kappa shape index (κ1) is 10.1. The average Bonchev–Trinajstić information content (AvgIpc) is 1.90. The molecule has 0 aromatic rings. The lowest BCUT2D eigenvalue weighted by atomic mass is 10.8. The van der Waals surface area contributed by atoms with Crippen molar-refractivity contribution in [1.82, 2.24) is 0 Å². The molecule has 0 aliphatic heterocycles. The Bertz CT molecular complexity index is 87.6. The summed E-state index contributed by atoms with van der Waals surface area (Å²) in [6.45, 7) is 7.34. The second kappa shape index (κ2) is 7.20. The van der Waals surface area contributed by atoms with Crippen molar-refractivity contribution < 1.29 is 9.05 Å². The van der Waals surface area contributed by atoms with Gasteiger partial charge in [0.15, 0.2) is 8.38 Å². The third kappa shape index (κ3) is 4.92. The first-order valence-corrected chi connectivity index (χ1v) is 4.77. The molecule has 0 atom stereocenters. The summed E-state index contributed by atoms with van der Waals surface area (Å²) < 4.78 is 10.6. The van der Waals surface area contributed by atoms with Gasteiger partial charge in [-0.3, -0.25) is 0 Å². The largest absolute Gasteiger partial charge is 0.331 e. The predicted octanol–water partition coefficient (Wildman–Crippen LogP) is 2.90. The topological polar surface area (TPSA) is 18.5 Å². The van der Waals surface area contributed by atoms with E-state index in [-0.39, 0.29) is 0 Å². The Kier molecular flexibility index (Phi) is 7.26. The van der Waals surface area contributed by atoms with Crippen molar-refractivity contribution in [1.29, 1.82) is 0 Å². The third-order valence-corrected chi connectivity index (χ3v) is 2.35. The Hall–Kier alpha value is 0.0900. The van der Waals surface area contributed by atoms with Crippen LogP contribution in [0.1, 0.15) is 20.8 Å². The molecule has 0 aromatic heterocycles. The van der Waals surface area contributed by atoms with Gasteiger partial charge in [0.05, 0.1) is 13.2 Å². The molecule has 0 heterocycles. The normalized spacial score (nSPS) is 11.6. The van der Waals surface area contributed by atoms with Crippen LogP contribution < -0.4 is 0 Å². The molecule has 2 nitrogen and oxygen atoms in total. The van der Waals surface area contributed by atoms with E-state index >= 15 is 0 Å². The highest BCUT2D eigenvalue weighted by Gasteiger charge is 2.00. The molecule has 0 fully saturated rings. The van der Waals surface area contributed by atoms with E-state index in [2.05, 4.69) is 0 Å². The minimum absolute atomic E-state index is 0.718. The van der Waals surface area contributed by atoms with Crippen LogP contribution in [0.5, 0.6) is 0 Å². The summed E-state index contributed by atoms with van der Waals surface area (Å²) in [4.78, 5) is 0. The standard InChI is InChI=1S/C7H15O2P/c1-4-7-10(8-5-2)9-6-3/h4,7H,5-6H2,1-3H3. The summed E-state index contributed by atoms with van der Waals surface area (Å²) >= 11 is 0. The highest BCUT2D eigenvalue weighted by Crippen LogP contribution is 2.39. The number of allylic oxidation sites excluding steroid dienone is 1. The van der Waals surface area contributed by atoms with E-state index in [1.54, 1.807) is 0 Å². The molecule has 0 spiro atoms. The van der Waals surface area contributed by atoms with Gasteiger partial charge in [0, 0.05) is 0 Å². The second-order valence-electron chi connectivity index (χ2n) is 1.60. The van der Waals surface area contributed by atoms with Gasteiger partial charge in [-0.25, -0.2) is 0 Å². The van der Waals surface area contributed by atoms with Crippen molar-refractivity contribution in [2.45, 2.75) is 20.8 Å². The number of hydrogen-bond donors (Lipinski definition) is 0. The SMILES string of the molecule is CC=CP(OCC)OCC. The van der Waals surface area contributed by atoms with E-state index in [0.29, 0.717) is 0 Å². The van der Waals surface area contributed by atoms with E-state index in [1.807, 2.05) is 32.7 Å². The first-order valence-electron chi connectivity index (χ1n) is 3.53. The van der Waals surface area contributed by atoms with Gasteiger partial charge >= 0.3 is 0 Å². The third-order valence-electron chi connectivity index (χ3n) is 0.783. The van der Waals surface area contributed by atoms with Crippen LogP contribution in [0.4, 0.5) is 0 Å². The Morgan fingerprint density at radius 2 is 1.70 bits per heavy atom. The molecule has 0 rings (SSSR count). The molecule has 0 saturated carbocycles. The van der Waals surface area contributed by atoms with Crippen LogP contribution >= 0.6 is 8.38 Å². The van der Waals surface area contributed by atoms with Crippen LogP contribution in [-0.4, -0.2) is 13.2 Å². The van der Waals surface area contributed by atoms with E-state index in [9.17, 15) is 0 Å². The van der Waals surface area contributed by atoms with E-state index < -0.39 is 8.38 Å². The highest BCUT2D eigenvalue weighted by molar-refractivity contribution is 7.50.